The SMILES string of the molecule is COc1cc(C#N)c(OC2CCC(C(=O)OCc3cccc4ccccc34)CC2)cc1C(=O)NC1CC=CCC1C(=O)NCC(C)(C)C(F)(F)F. The number of nitrogens with one attached hydrogen (secondary N) is 2. The van der Waals surface area contributed by atoms with Crippen LogP contribution in [0.2, 0.25) is 0 Å². The smallest absolute Gasteiger partial charge is 0.395 e. The van der Waals surface area contributed by atoms with Crippen molar-refractivity contribution in [2.24, 2.45) is 17.3 Å². The Morgan fingerprint density at radius 1 is 0.941 bits per heavy atom. The Hall–Kier alpha value is -5.05. The predicted molar refractivity (Wildman–Crippen MR) is 184 cm³/mol. The number of ether oxygens (including phenoxy) is 3. The molecule has 2 N–H and O–H groups in total. The van der Waals surface area contributed by atoms with Gasteiger partial charge in [-0.3, -0.25) is 14.4 Å². The number of amides is 2. The van der Waals surface area contributed by atoms with Gasteiger partial charge in [-0.05, 0) is 74.8 Å². The number of rotatable bonds is 11. The number of allylic oxidation sites excluding steroid dienone is 1. The fraction of sp³-hybridized carbons (Fsp3) is 0.436. The molecule has 2 aliphatic rings. The van der Waals surface area contributed by atoms with Crippen molar-refractivity contribution in [3.63, 3.8) is 0 Å². The number of fused-ring (bicyclic) bond motifs is 1. The lowest BCUT2D eigenvalue weighted by Gasteiger charge is -2.32. The second-order valence-electron chi connectivity index (χ2n) is 13.7. The minimum atomic E-state index is -4.50. The van der Waals surface area contributed by atoms with Crippen molar-refractivity contribution in [3.05, 3.63) is 83.4 Å². The van der Waals surface area contributed by atoms with Crippen LogP contribution in [0, 0.1) is 28.6 Å². The molecule has 0 radical (unpaired) electrons. The monoisotopic (exact) mass is 705 g/mol. The summed E-state index contributed by atoms with van der Waals surface area (Å²) in [6, 6.07) is 18.0. The van der Waals surface area contributed by atoms with Gasteiger partial charge in [0.2, 0.25) is 5.91 Å². The lowest BCUT2D eigenvalue weighted by Crippen LogP contribution is -2.50. The van der Waals surface area contributed by atoms with E-state index in [9.17, 15) is 32.8 Å². The molecular weight excluding hydrogens is 663 g/mol. The molecule has 5 rings (SSSR count). The van der Waals surface area contributed by atoms with Gasteiger partial charge in [0.25, 0.3) is 5.91 Å². The quantitative estimate of drug-likeness (QED) is 0.160. The van der Waals surface area contributed by atoms with E-state index in [0.717, 1.165) is 30.2 Å². The lowest BCUT2D eigenvalue weighted by atomic mass is 9.87. The van der Waals surface area contributed by atoms with Gasteiger partial charge in [0.05, 0.1) is 41.6 Å². The molecule has 3 aromatic carbocycles. The molecule has 12 heteroatoms. The van der Waals surface area contributed by atoms with E-state index in [-0.39, 0.29) is 53.6 Å². The third-order valence-electron chi connectivity index (χ3n) is 9.78. The number of esters is 1. The summed E-state index contributed by atoms with van der Waals surface area (Å²) in [5.74, 6) is -2.24. The summed E-state index contributed by atoms with van der Waals surface area (Å²) in [6.45, 7) is 1.60. The maximum Gasteiger partial charge on any atom is 0.395 e. The molecular formula is C39H42F3N3O6. The van der Waals surface area contributed by atoms with Gasteiger partial charge in [0.15, 0.2) is 0 Å². The van der Waals surface area contributed by atoms with Crippen LogP contribution in [0.3, 0.4) is 0 Å². The van der Waals surface area contributed by atoms with Gasteiger partial charge in [-0.1, -0.05) is 54.6 Å². The third kappa shape index (κ3) is 8.82. The van der Waals surface area contributed by atoms with Crippen LogP contribution in [-0.4, -0.2) is 49.8 Å². The van der Waals surface area contributed by atoms with Crippen molar-refractivity contribution in [1.29, 1.82) is 5.26 Å². The lowest BCUT2D eigenvalue weighted by molar-refractivity contribution is -0.209. The first-order chi connectivity index (χ1) is 24.3. The summed E-state index contributed by atoms with van der Waals surface area (Å²) in [7, 11) is 1.36. The molecule has 2 amide bonds. The molecule has 0 aromatic heterocycles. The average molecular weight is 706 g/mol. The molecule has 51 heavy (non-hydrogen) atoms. The van der Waals surface area contributed by atoms with E-state index in [2.05, 4.69) is 16.7 Å². The van der Waals surface area contributed by atoms with Crippen molar-refractivity contribution in [2.45, 2.75) is 77.3 Å². The number of benzene rings is 3. The van der Waals surface area contributed by atoms with Gasteiger partial charge in [-0.2, -0.15) is 18.4 Å². The first kappa shape index (κ1) is 37.2. The van der Waals surface area contributed by atoms with Crippen molar-refractivity contribution < 1.29 is 41.8 Å². The van der Waals surface area contributed by atoms with E-state index in [0.29, 0.717) is 32.1 Å². The van der Waals surface area contributed by atoms with Crippen LogP contribution >= 0.6 is 0 Å². The second-order valence-corrected chi connectivity index (χ2v) is 13.7. The number of nitrogens with zero attached hydrogens (tertiary/aromatic N) is 1. The highest BCUT2D eigenvalue weighted by Gasteiger charge is 2.47. The molecule has 0 saturated heterocycles. The minimum Gasteiger partial charge on any atom is -0.496 e. The van der Waals surface area contributed by atoms with Gasteiger partial charge in [0.1, 0.15) is 24.2 Å². The standard InChI is InChI=1S/C39H42F3N3O6/c1-38(2,39(40,41)42)23-44-35(46)30-13-6-7-14-32(30)45-36(47)31-20-33(27(21-43)19-34(31)49-3)51-28-17-15-25(16-18-28)37(48)50-22-26-11-8-10-24-9-4-5-12-29(24)26/h4-12,19-20,25,28,30,32H,13-18,22-23H2,1-3H3,(H,44,46)(H,45,47). The molecule has 2 atom stereocenters. The molecule has 1 fully saturated rings. The number of methoxy groups -OCH3 is 1. The Labute approximate surface area is 295 Å². The summed E-state index contributed by atoms with van der Waals surface area (Å²) in [4.78, 5) is 39.6. The Kier molecular flexibility index (Phi) is 11.6. The Morgan fingerprint density at radius 2 is 1.65 bits per heavy atom. The van der Waals surface area contributed by atoms with E-state index in [4.69, 9.17) is 14.2 Å². The van der Waals surface area contributed by atoms with Gasteiger partial charge in [-0.15, -0.1) is 0 Å². The molecule has 9 nitrogen and oxygen atoms in total. The zero-order valence-corrected chi connectivity index (χ0v) is 28.8. The van der Waals surface area contributed by atoms with Crippen LogP contribution in [0.15, 0.2) is 66.7 Å². The first-order valence-corrected chi connectivity index (χ1v) is 17.0. The summed E-state index contributed by atoms with van der Waals surface area (Å²) in [5.41, 5.74) is -0.960. The van der Waals surface area contributed by atoms with Crippen molar-refractivity contribution in [1.82, 2.24) is 10.6 Å². The van der Waals surface area contributed by atoms with Crippen LogP contribution in [0.4, 0.5) is 13.2 Å². The molecule has 3 aromatic rings. The molecule has 0 heterocycles. The largest absolute Gasteiger partial charge is 0.496 e. The van der Waals surface area contributed by atoms with Crippen LogP contribution in [0.25, 0.3) is 10.8 Å². The predicted octanol–water partition coefficient (Wildman–Crippen LogP) is 7.17. The molecule has 0 spiro atoms. The molecule has 2 unspecified atom stereocenters. The van der Waals surface area contributed by atoms with E-state index < -0.39 is 41.9 Å². The van der Waals surface area contributed by atoms with Gasteiger partial charge < -0.3 is 24.8 Å². The summed E-state index contributed by atoms with van der Waals surface area (Å²) >= 11 is 0. The van der Waals surface area contributed by atoms with Crippen LogP contribution in [0.1, 0.15) is 73.9 Å². The van der Waals surface area contributed by atoms with E-state index >= 15 is 0 Å². The van der Waals surface area contributed by atoms with Crippen LogP contribution in [-0.2, 0) is 20.9 Å². The van der Waals surface area contributed by atoms with E-state index in [1.54, 1.807) is 12.2 Å². The maximum absolute atomic E-state index is 13.6. The van der Waals surface area contributed by atoms with Crippen LogP contribution in [0.5, 0.6) is 11.5 Å². The van der Waals surface area contributed by atoms with Gasteiger partial charge in [-0.25, -0.2) is 0 Å². The number of alkyl halides is 3. The summed E-state index contributed by atoms with van der Waals surface area (Å²) in [5, 5.41) is 17.2. The molecule has 0 bridgehead atoms. The van der Waals surface area contributed by atoms with E-state index in [1.165, 1.54) is 19.2 Å². The number of halogens is 3. The van der Waals surface area contributed by atoms with Gasteiger partial charge in [0, 0.05) is 18.7 Å². The summed E-state index contributed by atoms with van der Waals surface area (Å²) < 4.78 is 57.4. The fourth-order valence-electron chi connectivity index (χ4n) is 6.42. The minimum absolute atomic E-state index is 0.0733. The zero-order valence-electron chi connectivity index (χ0n) is 28.8. The highest BCUT2D eigenvalue weighted by atomic mass is 19.4. The Bertz CT molecular complexity index is 1820. The third-order valence-corrected chi connectivity index (χ3v) is 9.78. The number of hydrogen-bond donors (Lipinski definition) is 2. The zero-order chi connectivity index (χ0) is 36.8. The van der Waals surface area contributed by atoms with Crippen LogP contribution < -0.4 is 20.1 Å². The maximum atomic E-state index is 13.6. The molecule has 270 valence electrons. The average Bonchev–Trinajstić information content (AvgIpc) is 3.12. The van der Waals surface area contributed by atoms with Crippen molar-refractivity contribution in [2.75, 3.05) is 13.7 Å². The number of carbonyl (C=O) groups is 3. The summed E-state index contributed by atoms with van der Waals surface area (Å²) in [6.07, 6.45) is 1.39. The van der Waals surface area contributed by atoms with Crippen molar-refractivity contribution in [3.8, 4) is 17.6 Å². The highest BCUT2D eigenvalue weighted by molar-refractivity contribution is 5.98. The normalized spacial score (nSPS) is 20.6. The first-order valence-electron chi connectivity index (χ1n) is 17.0. The topological polar surface area (TPSA) is 127 Å². The Morgan fingerprint density at radius 3 is 2.35 bits per heavy atom. The molecule has 2 aliphatic carbocycles. The van der Waals surface area contributed by atoms with Crippen molar-refractivity contribution >= 4 is 28.6 Å². The molecule has 1 saturated carbocycles. The second kappa shape index (κ2) is 15.9. The number of nitriles is 1. The number of carbonyl (C=O) groups excluding carboxylic acids is 3. The molecule has 0 aliphatic heterocycles. The Balaban J connectivity index is 1.20. The highest BCUT2D eigenvalue weighted by Crippen LogP contribution is 2.37. The van der Waals surface area contributed by atoms with Gasteiger partial charge >= 0.3 is 12.1 Å². The number of hydrogen-bond acceptors (Lipinski definition) is 7. The van der Waals surface area contributed by atoms with E-state index in [1.807, 2.05) is 42.5 Å². The fourth-order valence-corrected chi connectivity index (χ4v) is 6.42.